The van der Waals surface area contributed by atoms with Crippen molar-refractivity contribution in [2.24, 2.45) is 0 Å². The zero-order chi connectivity index (χ0) is 12.1. The van der Waals surface area contributed by atoms with Crippen LogP contribution in [0.15, 0.2) is 60.7 Å². The Hall–Kier alpha value is -1.61. The van der Waals surface area contributed by atoms with Gasteiger partial charge in [0.05, 0.1) is 5.57 Å². The van der Waals surface area contributed by atoms with Gasteiger partial charge in [-0.05, 0) is 17.2 Å². The summed E-state index contributed by atoms with van der Waals surface area (Å²) >= 11 is 0. The number of carboxylic acids is 1. The van der Waals surface area contributed by atoms with E-state index in [4.69, 9.17) is 0 Å². The van der Waals surface area contributed by atoms with Crippen molar-refractivity contribution in [3.63, 3.8) is 0 Å². The number of carboxylic acid groups (broad SMARTS) is 1. The molecule has 18 heavy (non-hydrogen) atoms. The number of carbonyl (C=O) groups is 1. The predicted molar refractivity (Wildman–Crippen MR) is 68.4 cm³/mol. The van der Waals surface area contributed by atoms with Crippen LogP contribution in [0, 0.1) is 0 Å². The van der Waals surface area contributed by atoms with Crippen LogP contribution in [0.4, 0.5) is 0 Å². The Morgan fingerprint density at radius 2 is 1.39 bits per heavy atom. The quantitative estimate of drug-likeness (QED) is 0.532. The number of hydrogen-bond acceptors (Lipinski definition) is 1. The van der Waals surface area contributed by atoms with Crippen molar-refractivity contribution in [1.29, 1.82) is 0 Å². The second-order valence-corrected chi connectivity index (χ2v) is 3.64. The van der Waals surface area contributed by atoms with Crippen LogP contribution in [0.3, 0.4) is 0 Å². The molecule has 0 amide bonds. The van der Waals surface area contributed by atoms with Gasteiger partial charge in [0.2, 0.25) is 0 Å². The summed E-state index contributed by atoms with van der Waals surface area (Å²) in [6, 6.07) is 18.6. The van der Waals surface area contributed by atoms with Crippen LogP contribution in [-0.4, -0.2) is 11.1 Å². The van der Waals surface area contributed by atoms with Gasteiger partial charge in [0.1, 0.15) is 0 Å². The Morgan fingerprint density at radius 1 is 0.889 bits per heavy atom. The number of aliphatic carboxylic acids is 1. The van der Waals surface area contributed by atoms with E-state index in [2.05, 4.69) is 0 Å². The minimum absolute atomic E-state index is 0. The van der Waals surface area contributed by atoms with Gasteiger partial charge in [-0.3, -0.25) is 0 Å². The first-order valence-corrected chi connectivity index (χ1v) is 5.33. The third-order valence-electron chi connectivity index (χ3n) is 2.43. The van der Waals surface area contributed by atoms with E-state index in [0.29, 0.717) is 11.1 Å². The SMILES string of the molecule is O=C(O)/C(=C/c1ccccc1)c1ccccc1.[Ag]. The summed E-state index contributed by atoms with van der Waals surface area (Å²) in [5, 5.41) is 9.22. The third kappa shape index (κ3) is 3.70. The molecule has 0 saturated carbocycles. The van der Waals surface area contributed by atoms with E-state index in [1.165, 1.54) is 0 Å². The van der Waals surface area contributed by atoms with E-state index in [0.717, 1.165) is 5.56 Å². The van der Waals surface area contributed by atoms with Crippen LogP contribution in [0.1, 0.15) is 11.1 Å². The van der Waals surface area contributed by atoms with Gasteiger partial charge in [-0.25, -0.2) is 4.79 Å². The number of hydrogen-bond donors (Lipinski definition) is 1. The molecule has 2 rings (SSSR count). The van der Waals surface area contributed by atoms with Crippen molar-refractivity contribution in [3.8, 4) is 0 Å². The van der Waals surface area contributed by atoms with E-state index < -0.39 is 5.97 Å². The molecule has 3 heteroatoms. The molecule has 0 spiro atoms. The Morgan fingerprint density at radius 3 is 1.89 bits per heavy atom. The molecule has 2 aromatic rings. The van der Waals surface area contributed by atoms with Gasteiger partial charge in [-0.15, -0.1) is 0 Å². The smallest absolute Gasteiger partial charge is 0.336 e. The largest absolute Gasteiger partial charge is 0.478 e. The first-order chi connectivity index (χ1) is 8.27. The van der Waals surface area contributed by atoms with Crippen LogP contribution in [0.25, 0.3) is 11.6 Å². The van der Waals surface area contributed by atoms with Gasteiger partial charge in [-0.1, -0.05) is 60.7 Å². The van der Waals surface area contributed by atoms with Crippen LogP contribution in [0.2, 0.25) is 0 Å². The summed E-state index contributed by atoms with van der Waals surface area (Å²) < 4.78 is 0. The van der Waals surface area contributed by atoms with Crippen molar-refractivity contribution in [1.82, 2.24) is 0 Å². The molecule has 95 valence electrons. The molecule has 0 aliphatic heterocycles. The molecule has 0 saturated heterocycles. The topological polar surface area (TPSA) is 37.3 Å². The molecule has 0 aliphatic rings. The molecule has 0 atom stereocenters. The summed E-state index contributed by atoms with van der Waals surface area (Å²) in [4.78, 5) is 11.2. The number of benzene rings is 2. The molecule has 2 aromatic carbocycles. The van der Waals surface area contributed by atoms with Gasteiger partial charge in [0.15, 0.2) is 0 Å². The Labute approximate surface area is 121 Å². The maximum absolute atomic E-state index is 11.2. The molecule has 0 aromatic heterocycles. The van der Waals surface area contributed by atoms with Gasteiger partial charge in [0.25, 0.3) is 0 Å². The molecule has 0 heterocycles. The van der Waals surface area contributed by atoms with E-state index >= 15 is 0 Å². The van der Waals surface area contributed by atoms with Crippen LogP contribution >= 0.6 is 0 Å². The fourth-order valence-electron chi connectivity index (χ4n) is 1.60. The van der Waals surface area contributed by atoms with E-state index in [1.54, 1.807) is 18.2 Å². The summed E-state index contributed by atoms with van der Waals surface area (Å²) in [6.07, 6.45) is 1.68. The Bertz CT molecular complexity index is 533. The molecule has 0 aliphatic carbocycles. The van der Waals surface area contributed by atoms with Crippen molar-refractivity contribution >= 4 is 17.6 Å². The van der Waals surface area contributed by atoms with E-state index in [1.807, 2.05) is 48.5 Å². The third-order valence-corrected chi connectivity index (χ3v) is 2.43. The summed E-state index contributed by atoms with van der Waals surface area (Å²) in [5.41, 5.74) is 1.90. The van der Waals surface area contributed by atoms with Crippen molar-refractivity contribution in [2.75, 3.05) is 0 Å². The van der Waals surface area contributed by atoms with Crippen LogP contribution < -0.4 is 0 Å². The van der Waals surface area contributed by atoms with E-state index in [-0.39, 0.29) is 22.4 Å². The summed E-state index contributed by atoms with van der Waals surface area (Å²) in [5.74, 6) is -0.917. The zero-order valence-electron chi connectivity index (χ0n) is 9.51. The van der Waals surface area contributed by atoms with Gasteiger partial charge in [0, 0.05) is 22.4 Å². The maximum atomic E-state index is 11.2. The molecule has 1 N–H and O–H groups in total. The normalized spacial score (nSPS) is 10.6. The minimum atomic E-state index is -0.917. The molecule has 0 unspecified atom stereocenters. The van der Waals surface area contributed by atoms with Crippen LogP contribution in [0.5, 0.6) is 0 Å². The molecule has 0 fully saturated rings. The molecule has 1 radical (unpaired) electrons. The fourth-order valence-corrected chi connectivity index (χ4v) is 1.60. The van der Waals surface area contributed by atoms with Crippen LogP contribution in [-0.2, 0) is 27.2 Å². The van der Waals surface area contributed by atoms with E-state index in [9.17, 15) is 9.90 Å². The first-order valence-electron chi connectivity index (χ1n) is 5.33. The fraction of sp³-hybridized carbons (Fsp3) is 0. The second kappa shape index (κ2) is 6.97. The van der Waals surface area contributed by atoms with Gasteiger partial charge >= 0.3 is 5.97 Å². The Balaban J connectivity index is 0.00000162. The molecular formula is C15H12AgO2. The minimum Gasteiger partial charge on any atom is -0.478 e. The predicted octanol–water partition coefficient (Wildman–Crippen LogP) is 3.31. The summed E-state index contributed by atoms with van der Waals surface area (Å²) in [7, 11) is 0. The average Bonchev–Trinajstić information content (AvgIpc) is 2.38. The van der Waals surface area contributed by atoms with Crippen molar-refractivity contribution in [3.05, 3.63) is 71.8 Å². The zero-order valence-corrected chi connectivity index (χ0v) is 11.0. The van der Waals surface area contributed by atoms with Crippen molar-refractivity contribution in [2.45, 2.75) is 0 Å². The molecular weight excluding hydrogens is 320 g/mol. The standard InChI is InChI=1S/C15H12O2.Ag/c16-15(17)14(13-9-5-2-6-10-13)11-12-7-3-1-4-8-12;/h1-11H,(H,16,17);/b14-11+;. The molecule has 0 bridgehead atoms. The number of rotatable bonds is 3. The maximum Gasteiger partial charge on any atom is 0.336 e. The molecule has 2 nitrogen and oxygen atoms in total. The van der Waals surface area contributed by atoms with Gasteiger partial charge < -0.3 is 5.11 Å². The Kier molecular flexibility index (Phi) is 5.59. The van der Waals surface area contributed by atoms with Gasteiger partial charge in [-0.2, -0.15) is 0 Å². The first kappa shape index (κ1) is 14.5. The monoisotopic (exact) mass is 331 g/mol. The summed E-state index contributed by atoms with van der Waals surface area (Å²) in [6.45, 7) is 0. The van der Waals surface area contributed by atoms with Crippen molar-refractivity contribution < 1.29 is 32.3 Å². The average molecular weight is 332 g/mol. The second-order valence-electron chi connectivity index (χ2n) is 3.64.